The van der Waals surface area contributed by atoms with E-state index in [1.807, 2.05) is 66.7 Å². The van der Waals surface area contributed by atoms with E-state index in [1.165, 1.54) is 0 Å². The van der Waals surface area contributed by atoms with E-state index in [2.05, 4.69) is 25.3 Å². The standard InChI is InChI=1S/C25H16N6O/c1-4-17(25-31-24-22(32-25)7-3-11-28-24)14-18(5-1)29-23-19-6-2-10-27-21(19)15-20(30-23)16-8-12-26-13-9-16/h1-15H,(H,29,30). The van der Waals surface area contributed by atoms with Crippen molar-refractivity contribution in [3.8, 4) is 22.7 Å². The molecule has 0 saturated heterocycles. The molecule has 5 aromatic heterocycles. The number of hydrogen-bond acceptors (Lipinski definition) is 7. The molecule has 0 radical (unpaired) electrons. The molecule has 0 fully saturated rings. The van der Waals surface area contributed by atoms with Gasteiger partial charge >= 0.3 is 0 Å². The molecule has 0 atom stereocenters. The molecule has 6 rings (SSSR count). The fourth-order valence-corrected chi connectivity index (χ4v) is 3.60. The van der Waals surface area contributed by atoms with Crippen LogP contribution in [0.15, 0.2) is 95.9 Å². The molecule has 5 heterocycles. The summed E-state index contributed by atoms with van der Waals surface area (Å²) in [5, 5.41) is 4.38. The molecule has 0 saturated carbocycles. The minimum absolute atomic E-state index is 0.521. The normalized spacial score (nSPS) is 11.1. The summed E-state index contributed by atoms with van der Waals surface area (Å²) in [6, 6.07) is 21.3. The Kier molecular flexibility index (Phi) is 4.28. The van der Waals surface area contributed by atoms with Crippen molar-refractivity contribution >= 4 is 33.6 Å². The van der Waals surface area contributed by atoms with Crippen LogP contribution in [0.2, 0.25) is 0 Å². The molecule has 0 aliphatic rings. The lowest BCUT2D eigenvalue weighted by molar-refractivity contribution is 0.619. The maximum absolute atomic E-state index is 5.87. The van der Waals surface area contributed by atoms with Gasteiger partial charge in [-0.2, -0.15) is 4.98 Å². The van der Waals surface area contributed by atoms with Crippen LogP contribution in [0.3, 0.4) is 0 Å². The molecule has 0 amide bonds. The van der Waals surface area contributed by atoms with E-state index < -0.39 is 0 Å². The second-order valence-corrected chi connectivity index (χ2v) is 7.21. The highest BCUT2D eigenvalue weighted by molar-refractivity contribution is 5.93. The monoisotopic (exact) mass is 416 g/mol. The fraction of sp³-hybridized carbons (Fsp3) is 0. The predicted molar refractivity (Wildman–Crippen MR) is 123 cm³/mol. The van der Waals surface area contributed by atoms with E-state index >= 15 is 0 Å². The number of benzene rings is 1. The Hall–Kier alpha value is -4.65. The summed E-state index contributed by atoms with van der Waals surface area (Å²) in [7, 11) is 0. The summed E-state index contributed by atoms with van der Waals surface area (Å²) in [5.74, 6) is 1.24. The summed E-state index contributed by atoms with van der Waals surface area (Å²) in [4.78, 5) is 22.3. The van der Waals surface area contributed by atoms with Gasteiger partial charge in [-0.1, -0.05) is 6.07 Å². The fourth-order valence-electron chi connectivity index (χ4n) is 3.60. The highest BCUT2D eigenvalue weighted by atomic mass is 16.3. The van der Waals surface area contributed by atoms with Gasteiger partial charge in [0.2, 0.25) is 5.89 Å². The number of fused-ring (bicyclic) bond motifs is 2. The summed E-state index contributed by atoms with van der Waals surface area (Å²) < 4.78 is 5.87. The molecule has 0 unspecified atom stereocenters. The van der Waals surface area contributed by atoms with Gasteiger partial charge in [-0.05, 0) is 60.7 Å². The Bertz CT molecular complexity index is 1530. The van der Waals surface area contributed by atoms with Crippen LogP contribution in [0.5, 0.6) is 0 Å². The van der Waals surface area contributed by atoms with Gasteiger partial charge in [-0.25, -0.2) is 9.97 Å². The second-order valence-electron chi connectivity index (χ2n) is 7.21. The summed E-state index contributed by atoms with van der Waals surface area (Å²) in [5.41, 5.74) is 5.61. The Morgan fingerprint density at radius 1 is 0.719 bits per heavy atom. The zero-order chi connectivity index (χ0) is 21.3. The Labute approximate surface area is 182 Å². The minimum Gasteiger partial charge on any atom is -0.434 e. The number of pyridine rings is 4. The zero-order valence-corrected chi connectivity index (χ0v) is 16.8. The summed E-state index contributed by atoms with van der Waals surface area (Å²) in [6.07, 6.45) is 6.99. The molecule has 1 aromatic carbocycles. The lowest BCUT2D eigenvalue weighted by Gasteiger charge is -2.12. The lowest BCUT2D eigenvalue weighted by atomic mass is 10.1. The van der Waals surface area contributed by atoms with E-state index in [9.17, 15) is 0 Å². The lowest BCUT2D eigenvalue weighted by Crippen LogP contribution is -1.98. The number of anilines is 2. The van der Waals surface area contributed by atoms with Gasteiger partial charge in [0.15, 0.2) is 11.2 Å². The van der Waals surface area contributed by atoms with Crippen LogP contribution in [0, 0.1) is 0 Å². The third-order valence-electron chi connectivity index (χ3n) is 5.11. The predicted octanol–water partition coefficient (Wildman–Crippen LogP) is 5.64. The first-order chi connectivity index (χ1) is 15.8. The first-order valence-electron chi connectivity index (χ1n) is 10.1. The molecule has 0 bridgehead atoms. The van der Waals surface area contributed by atoms with Crippen molar-refractivity contribution in [3.63, 3.8) is 0 Å². The number of nitrogens with zero attached hydrogens (tertiary/aromatic N) is 5. The Morgan fingerprint density at radius 3 is 2.50 bits per heavy atom. The van der Waals surface area contributed by atoms with Crippen molar-refractivity contribution in [2.24, 2.45) is 0 Å². The van der Waals surface area contributed by atoms with Gasteiger partial charge in [0, 0.05) is 47.0 Å². The average molecular weight is 416 g/mol. The van der Waals surface area contributed by atoms with E-state index in [0.29, 0.717) is 17.1 Å². The third-order valence-corrected chi connectivity index (χ3v) is 5.11. The summed E-state index contributed by atoms with van der Waals surface area (Å²) in [6.45, 7) is 0. The average Bonchev–Trinajstić information content (AvgIpc) is 3.29. The van der Waals surface area contributed by atoms with Gasteiger partial charge in [0.25, 0.3) is 0 Å². The molecule has 0 aliphatic heterocycles. The Balaban J connectivity index is 1.42. The number of aromatic nitrogens is 5. The van der Waals surface area contributed by atoms with Crippen LogP contribution in [-0.2, 0) is 0 Å². The molecule has 32 heavy (non-hydrogen) atoms. The maximum atomic E-state index is 5.87. The maximum Gasteiger partial charge on any atom is 0.228 e. The number of rotatable bonds is 4. The Morgan fingerprint density at radius 2 is 1.59 bits per heavy atom. The third kappa shape index (κ3) is 3.31. The van der Waals surface area contributed by atoms with Gasteiger partial charge < -0.3 is 9.73 Å². The van der Waals surface area contributed by atoms with Crippen LogP contribution >= 0.6 is 0 Å². The van der Waals surface area contributed by atoms with Crippen LogP contribution in [-0.4, -0.2) is 24.9 Å². The van der Waals surface area contributed by atoms with Crippen LogP contribution in [0.25, 0.3) is 44.8 Å². The van der Waals surface area contributed by atoms with Gasteiger partial charge in [-0.3, -0.25) is 9.97 Å². The molecular formula is C25H16N6O. The molecular weight excluding hydrogens is 400 g/mol. The first-order valence-corrected chi connectivity index (χ1v) is 10.1. The van der Waals surface area contributed by atoms with E-state index in [4.69, 9.17) is 9.40 Å². The van der Waals surface area contributed by atoms with Gasteiger partial charge in [0.1, 0.15) is 5.82 Å². The molecule has 0 spiro atoms. The minimum atomic E-state index is 0.521. The molecule has 1 N–H and O–H groups in total. The smallest absolute Gasteiger partial charge is 0.228 e. The highest BCUT2D eigenvalue weighted by Crippen LogP contribution is 2.30. The van der Waals surface area contributed by atoms with Gasteiger partial charge in [0.05, 0.1) is 11.2 Å². The van der Waals surface area contributed by atoms with Gasteiger partial charge in [-0.15, -0.1) is 0 Å². The SMILES string of the molecule is c1cc(Nc2nc(-c3ccncc3)cc3ncccc23)cc(-c2nc3ncccc3o2)c1. The summed E-state index contributed by atoms with van der Waals surface area (Å²) >= 11 is 0. The molecule has 7 nitrogen and oxygen atoms in total. The quantitative estimate of drug-likeness (QED) is 0.398. The van der Waals surface area contributed by atoms with Crippen molar-refractivity contribution < 1.29 is 4.42 Å². The molecule has 152 valence electrons. The largest absolute Gasteiger partial charge is 0.434 e. The van der Waals surface area contributed by atoms with Crippen molar-refractivity contribution in [2.45, 2.75) is 0 Å². The van der Waals surface area contributed by atoms with Crippen molar-refractivity contribution in [2.75, 3.05) is 5.32 Å². The highest BCUT2D eigenvalue weighted by Gasteiger charge is 2.12. The molecule has 0 aliphatic carbocycles. The van der Waals surface area contributed by atoms with Crippen molar-refractivity contribution in [1.29, 1.82) is 0 Å². The number of nitrogens with one attached hydrogen (secondary N) is 1. The van der Waals surface area contributed by atoms with E-state index in [0.717, 1.165) is 39.2 Å². The first kappa shape index (κ1) is 18.1. The number of oxazole rings is 1. The second kappa shape index (κ2) is 7.55. The van der Waals surface area contributed by atoms with Crippen LogP contribution < -0.4 is 5.32 Å². The van der Waals surface area contributed by atoms with Crippen molar-refractivity contribution in [3.05, 3.63) is 91.5 Å². The van der Waals surface area contributed by atoms with E-state index in [-0.39, 0.29) is 0 Å². The zero-order valence-electron chi connectivity index (χ0n) is 16.8. The van der Waals surface area contributed by atoms with Crippen LogP contribution in [0.4, 0.5) is 11.5 Å². The topological polar surface area (TPSA) is 89.6 Å². The number of hydrogen-bond donors (Lipinski definition) is 1. The molecule has 7 heteroatoms. The van der Waals surface area contributed by atoms with E-state index in [1.54, 1.807) is 24.8 Å². The molecule has 6 aromatic rings. The van der Waals surface area contributed by atoms with Crippen molar-refractivity contribution in [1.82, 2.24) is 24.9 Å². The van der Waals surface area contributed by atoms with Crippen LogP contribution in [0.1, 0.15) is 0 Å².